The molecule has 18 heavy (non-hydrogen) atoms. The molecular weight excluding hydrogens is 318 g/mol. The summed E-state index contributed by atoms with van der Waals surface area (Å²) in [5.74, 6) is -0.209. The molecule has 0 aliphatic carbocycles. The maximum absolute atomic E-state index is 11.2. The molecule has 2 rings (SSSR count). The number of carbonyl (C=O) groups excluding carboxylic acids is 1. The van der Waals surface area contributed by atoms with E-state index in [2.05, 4.69) is 37.0 Å². The highest BCUT2D eigenvalue weighted by Gasteiger charge is 2.23. The smallest absolute Gasteiger partial charge is 0.308 e. The summed E-state index contributed by atoms with van der Waals surface area (Å²) in [7, 11) is 1.41. The van der Waals surface area contributed by atoms with Crippen LogP contribution < -0.4 is 0 Å². The van der Waals surface area contributed by atoms with Crippen molar-refractivity contribution in [3.05, 3.63) is 20.8 Å². The second-order valence-electron chi connectivity index (χ2n) is 4.20. The fourth-order valence-corrected chi connectivity index (χ4v) is 3.48. The fraction of sp³-hybridized carbons (Fsp3) is 0.583. The van der Waals surface area contributed by atoms with E-state index in [0.717, 1.165) is 24.1 Å². The van der Waals surface area contributed by atoms with Crippen molar-refractivity contribution in [2.75, 3.05) is 26.8 Å². The topological polar surface area (TPSA) is 38.8 Å². The summed E-state index contributed by atoms with van der Waals surface area (Å²) in [5.41, 5.74) is 0. The van der Waals surface area contributed by atoms with Crippen LogP contribution in [-0.4, -0.2) is 43.8 Å². The van der Waals surface area contributed by atoms with Crippen LogP contribution in [0.3, 0.4) is 0 Å². The van der Waals surface area contributed by atoms with Crippen molar-refractivity contribution < 1.29 is 14.3 Å². The number of ether oxygens (including phenoxy) is 2. The Hall–Kier alpha value is -0.430. The quantitative estimate of drug-likeness (QED) is 0.792. The number of hydrogen-bond donors (Lipinski definition) is 0. The van der Waals surface area contributed by atoms with Crippen LogP contribution in [0.5, 0.6) is 0 Å². The Morgan fingerprint density at radius 1 is 1.72 bits per heavy atom. The van der Waals surface area contributed by atoms with E-state index >= 15 is 0 Å². The van der Waals surface area contributed by atoms with Crippen LogP contribution >= 0.6 is 27.3 Å². The number of nitrogens with zero attached hydrogens (tertiary/aromatic N) is 1. The zero-order chi connectivity index (χ0) is 13.0. The summed E-state index contributed by atoms with van der Waals surface area (Å²) in [5, 5.41) is 2.08. The summed E-state index contributed by atoms with van der Waals surface area (Å²) < 4.78 is 11.4. The van der Waals surface area contributed by atoms with Crippen molar-refractivity contribution in [1.29, 1.82) is 0 Å². The van der Waals surface area contributed by atoms with Gasteiger partial charge in [-0.1, -0.05) is 0 Å². The molecule has 1 saturated heterocycles. The molecule has 0 bridgehead atoms. The van der Waals surface area contributed by atoms with Gasteiger partial charge in [0.05, 0.1) is 26.2 Å². The second-order valence-corrected chi connectivity index (χ2v) is 6.05. The normalized spacial score (nSPS) is 20.9. The van der Waals surface area contributed by atoms with Gasteiger partial charge in [-0.2, -0.15) is 0 Å². The molecule has 0 saturated carbocycles. The highest BCUT2D eigenvalue weighted by Crippen LogP contribution is 2.25. The van der Waals surface area contributed by atoms with Gasteiger partial charge in [-0.05, 0) is 27.4 Å². The molecule has 1 unspecified atom stereocenters. The number of morpholine rings is 1. The molecule has 1 fully saturated rings. The monoisotopic (exact) mass is 333 g/mol. The average molecular weight is 334 g/mol. The lowest BCUT2D eigenvalue weighted by molar-refractivity contribution is -0.145. The molecule has 0 spiro atoms. The Labute approximate surface area is 119 Å². The van der Waals surface area contributed by atoms with Crippen LogP contribution in [0, 0.1) is 0 Å². The molecule has 4 nitrogen and oxygen atoms in total. The zero-order valence-electron chi connectivity index (χ0n) is 10.2. The van der Waals surface area contributed by atoms with E-state index in [1.165, 1.54) is 12.0 Å². The Balaban J connectivity index is 1.87. The lowest BCUT2D eigenvalue weighted by Gasteiger charge is -2.32. The van der Waals surface area contributed by atoms with E-state index in [9.17, 15) is 4.79 Å². The molecule has 0 radical (unpaired) electrons. The van der Waals surface area contributed by atoms with Crippen LogP contribution in [0.25, 0.3) is 0 Å². The third-order valence-electron chi connectivity index (χ3n) is 2.90. The standard InChI is InChI=1S/C12H16BrNO3S/c1-16-12(15)6-9-7-14(3-4-17-9)8-11-10(13)2-5-18-11/h2,5,9H,3-4,6-8H2,1H3. The van der Waals surface area contributed by atoms with Gasteiger partial charge < -0.3 is 9.47 Å². The predicted molar refractivity (Wildman–Crippen MR) is 73.7 cm³/mol. The lowest BCUT2D eigenvalue weighted by atomic mass is 10.2. The minimum Gasteiger partial charge on any atom is -0.469 e. The average Bonchev–Trinajstić information content (AvgIpc) is 2.75. The van der Waals surface area contributed by atoms with E-state index in [4.69, 9.17) is 4.74 Å². The number of halogens is 1. The van der Waals surface area contributed by atoms with Gasteiger partial charge >= 0.3 is 5.97 Å². The molecule has 0 amide bonds. The maximum atomic E-state index is 11.2. The van der Waals surface area contributed by atoms with Gasteiger partial charge in [0, 0.05) is 29.0 Å². The van der Waals surface area contributed by atoms with Crippen LogP contribution in [0.4, 0.5) is 0 Å². The minimum atomic E-state index is -0.209. The number of thiophene rings is 1. The highest BCUT2D eigenvalue weighted by atomic mass is 79.9. The van der Waals surface area contributed by atoms with E-state index < -0.39 is 0 Å². The van der Waals surface area contributed by atoms with E-state index in [0.29, 0.717) is 13.0 Å². The molecule has 1 aliphatic heterocycles. The molecule has 100 valence electrons. The largest absolute Gasteiger partial charge is 0.469 e. The summed E-state index contributed by atoms with van der Waals surface area (Å²) in [6.07, 6.45) is 0.281. The van der Waals surface area contributed by atoms with Gasteiger partial charge in [0.1, 0.15) is 0 Å². The van der Waals surface area contributed by atoms with Crippen LogP contribution in [0.2, 0.25) is 0 Å². The molecule has 6 heteroatoms. The molecular formula is C12H16BrNO3S. The zero-order valence-corrected chi connectivity index (χ0v) is 12.6. The lowest BCUT2D eigenvalue weighted by Crippen LogP contribution is -2.42. The van der Waals surface area contributed by atoms with E-state index in [1.54, 1.807) is 11.3 Å². The first-order valence-electron chi connectivity index (χ1n) is 5.81. The first-order chi connectivity index (χ1) is 8.69. The molecule has 0 aromatic carbocycles. The molecule has 1 atom stereocenters. The van der Waals surface area contributed by atoms with Crippen molar-refractivity contribution in [2.45, 2.75) is 19.1 Å². The van der Waals surface area contributed by atoms with Gasteiger partial charge in [0.2, 0.25) is 0 Å². The van der Waals surface area contributed by atoms with Crippen molar-refractivity contribution in [3.63, 3.8) is 0 Å². The van der Waals surface area contributed by atoms with Gasteiger partial charge in [-0.3, -0.25) is 9.69 Å². The number of carbonyl (C=O) groups is 1. The fourth-order valence-electron chi connectivity index (χ4n) is 1.96. The molecule has 2 heterocycles. The van der Waals surface area contributed by atoms with Crippen LogP contribution in [-0.2, 0) is 20.8 Å². The number of rotatable bonds is 4. The SMILES string of the molecule is COC(=O)CC1CN(Cc2sccc2Br)CCO1. The van der Waals surface area contributed by atoms with Gasteiger partial charge in [-0.15, -0.1) is 11.3 Å². The minimum absolute atomic E-state index is 0.0510. The van der Waals surface area contributed by atoms with Crippen molar-refractivity contribution in [3.8, 4) is 0 Å². The first-order valence-corrected chi connectivity index (χ1v) is 7.49. The predicted octanol–water partition coefficient (Wildman–Crippen LogP) is 2.27. The number of hydrogen-bond acceptors (Lipinski definition) is 5. The van der Waals surface area contributed by atoms with Crippen molar-refractivity contribution in [2.24, 2.45) is 0 Å². The van der Waals surface area contributed by atoms with Crippen LogP contribution in [0.1, 0.15) is 11.3 Å². The highest BCUT2D eigenvalue weighted by molar-refractivity contribution is 9.10. The summed E-state index contributed by atoms with van der Waals surface area (Å²) in [6, 6.07) is 2.06. The van der Waals surface area contributed by atoms with Crippen LogP contribution in [0.15, 0.2) is 15.9 Å². The van der Waals surface area contributed by atoms with E-state index in [1.807, 2.05) is 0 Å². The Bertz CT molecular complexity index is 410. The summed E-state index contributed by atoms with van der Waals surface area (Å²) >= 11 is 5.28. The van der Waals surface area contributed by atoms with Crippen molar-refractivity contribution >= 4 is 33.2 Å². The summed E-state index contributed by atoms with van der Waals surface area (Å²) in [4.78, 5) is 14.9. The first kappa shape index (κ1) is 14.0. The molecule has 1 aromatic rings. The van der Waals surface area contributed by atoms with Gasteiger partial charge in [0.25, 0.3) is 0 Å². The maximum Gasteiger partial charge on any atom is 0.308 e. The molecule has 0 N–H and O–H groups in total. The number of esters is 1. The third-order valence-corrected chi connectivity index (χ3v) is 4.81. The van der Waals surface area contributed by atoms with Crippen molar-refractivity contribution in [1.82, 2.24) is 4.90 Å². The number of methoxy groups -OCH3 is 1. The summed E-state index contributed by atoms with van der Waals surface area (Å²) in [6.45, 7) is 3.26. The van der Waals surface area contributed by atoms with E-state index in [-0.39, 0.29) is 12.1 Å². The van der Waals surface area contributed by atoms with Gasteiger partial charge in [0.15, 0.2) is 0 Å². The third kappa shape index (κ3) is 3.78. The Morgan fingerprint density at radius 3 is 3.22 bits per heavy atom. The Morgan fingerprint density at radius 2 is 2.56 bits per heavy atom. The molecule has 1 aliphatic rings. The van der Waals surface area contributed by atoms with Gasteiger partial charge in [-0.25, -0.2) is 0 Å². The Kier molecular flexibility index (Phi) is 5.17. The second kappa shape index (κ2) is 6.65. The molecule has 1 aromatic heterocycles.